The van der Waals surface area contributed by atoms with E-state index in [1.165, 1.54) is 43.5 Å². The molecular weight excluding hydrogens is 388 g/mol. The van der Waals surface area contributed by atoms with Gasteiger partial charge in [0.15, 0.2) is 6.61 Å². The first-order valence-electron chi connectivity index (χ1n) is 7.67. The Kier molecular flexibility index (Phi) is 6.54. The maximum Gasteiger partial charge on any atom is 0.276 e. The van der Waals surface area contributed by atoms with Crippen LogP contribution in [0.15, 0.2) is 47.4 Å². The molecule has 2 amide bonds. The number of nitrogens with one attached hydrogen (secondary N) is 2. The third-order valence-electron chi connectivity index (χ3n) is 3.41. The van der Waals surface area contributed by atoms with Crippen molar-refractivity contribution in [3.8, 4) is 17.6 Å². The highest BCUT2D eigenvalue weighted by molar-refractivity contribution is 7.89. The Labute approximate surface area is 160 Å². The number of nitriles is 1. The number of carbonyl (C=O) groups is 2. The van der Waals surface area contributed by atoms with Gasteiger partial charge >= 0.3 is 0 Å². The number of methoxy groups -OCH3 is 1. The first-order valence-corrected chi connectivity index (χ1v) is 9.22. The molecule has 0 aromatic heterocycles. The van der Waals surface area contributed by atoms with Crippen molar-refractivity contribution >= 4 is 21.8 Å². The quantitative estimate of drug-likeness (QED) is 0.573. The number of nitrogens with zero attached hydrogens (tertiary/aromatic N) is 1. The van der Waals surface area contributed by atoms with Crippen LogP contribution in [-0.2, 0) is 14.8 Å². The fourth-order valence-corrected chi connectivity index (χ4v) is 2.59. The molecule has 0 saturated carbocycles. The predicted octanol–water partition coefficient (Wildman–Crippen LogP) is 0.0543. The SMILES string of the molecule is COc1ccc(S(N)(=O)=O)cc1C(=O)NNC(=O)COc1ccc(C#N)cc1. The second kappa shape index (κ2) is 8.85. The summed E-state index contributed by atoms with van der Waals surface area (Å²) in [6.07, 6.45) is 0. The lowest BCUT2D eigenvalue weighted by Crippen LogP contribution is -2.44. The Morgan fingerprint density at radius 1 is 1.14 bits per heavy atom. The van der Waals surface area contributed by atoms with Gasteiger partial charge in [-0.05, 0) is 42.5 Å². The molecule has 0 aliphatic carbocycles. The van der Waals surface area contributed by atoms with E-state index < -0.39 is 28.4 Å². The molecule has 0 spiro atoms. The summed E-state index contributed by atoms with van der Waals surface area (Å²) in [4.78, 5) is 23.8. The molecule has 2 aromatic rings. The molecule has 146 valence electrons. The van der Waals surface area contributed by atoms with Gasteiger partial charge in [-0.3, -0.25) is 20.4 Å². The molecule has 0 bridgehead atoms. The van der Waals surface area contributed by atoms with Gasteiger partial charge in [0.05, 0.1) is 29.2 Å². The molecule has 0 unspecified atom stereocenters. The lowest BCUT2D eigenvalue weighted by molar-refractivity contribution is -0.123. The molecule has 4 N–H and O–H groups in total. The Hall–Kier alpha value is -3.62. The van der Waals surface area contributed by atoms with E-state index in [-0.39, 0.29) is 16.2 Å². The van der Waals surface area contributed by atoms with Crippen LogP contribution in [-0.4, -0.2) is 33.9 Å². The van der Waals surface area contributed by atoms with Gasteiger partial charge in [-0.25, -0.2) is 13.6 Å². The van der Waals surface area contributed by atoms with Crippen molar-refractivity contribution < 1.29 is 27.5 Å². The van der Waals surface area contributed by atoms with Gasteiger partial charge in [0.1, 0.15) is 11.5 Å². The van der Waals surface area contributed by atoms with Gasteiger partial charge in [-0.15, -0.1) is 0 Å². The molecule has 0 heterocycles. The Bertz CT molecular complexity index is 1030. The van der Waals surface area contributed by atoms with Crippen molar-refractivity contribution in [1.82, 2.24) is 10.9 Å². The topological polar surface area (TPSA) is 161 Å². The van der Waals surface area contributed by atoms with E-state index >= 15 is 0 Å². The van der Waals surface area contributed by atoms with Crippen molar-refractivity contribution in [2.24, 2.45) is 5.14 Å². The number of ether oxygens (including phenoxy) is 2. The molecule has 0 saturated heterocycles. The van der Waals surface area contributed by atoms with Gasteiger partial charge < -0.3 is 9.47 Å². The molecule has 28 heavy (non-hydrogen) atoms. The maximum atomic E-state index is 12.2. The minimum absolute atomic E-state index is 0.0907. The molecular formula is C17H16N4O6S. The first-order chi connectivity index (χ1) is 13.2. The third kappa shape index (κ3) is 5.44. The summed E-state index contributed by atoms with van der Waals surface area (Å²) in [5.74, 6) is -1.02. The number of sulfonamides is 1. The summed E-state index contributed by atoms with van der Waals surface area (Å²) < 4.78 is 33.1. The number of benzene rings is 2. The van der Waals surface area contributed by atoms with Crippen LogP contribution in [0, 0.1) is 11.3 Å². The number of amides is 2. The van der Waals surface area contributed by atoms with E-state index in [9.17, 15) is 18.0 Å². The predicted molar refractivity (Wildman–Crippen MR) is 96.6 cm³/mol. The van der Waals surface area contributed by atoms with E-state index in [1.54, 1.807) is 0 Å². The zero-order valence-corrected chi connectivity index (χ0v) is 15.4. The number of hydrogen-bond acceptors (Lipinski definition) is 7. The average molecular weight is 404 g/mol. The molecule has 11 heteroatoms. The zero-order chi connectivity index (χ0) is 20.7. The highest BCUT2D eigenvalue weighted by atomic mass is 32.2. The molecule has 0 fully saturated rings. The molecule has 2 aromatic carbocycles. The van der Waals surface area contributed by atoms with Crippen molar-refractivity contribution in [3.63, 3.8) is 0 Å². The van der Waals surface area contributed by atoms with E-state index in [0.717, 1.165) is 6.07 Å². The van der Waals surface area contributed by atoms with Crippen LogP contribution in [0.4, 0.5) is 0 Å². The van der Waals surface area contributed by atoms with Gasteiger partial charge in [-0.1, -0.05) is 0 Å². The monoisotopic (exact) mass is 404 g/mol. The summed E-state index contributed by atoms with van der Waals surface area (Å²) in [5, 5.41) is 13.8. The van der Waals surface area contributed by atoms with Gasteiger partial charge in [-0.2, -0.15) is 5.26 Å². The zero-order valence-electron chi connectivity index (χ0n) is 14.6. The first kappa shape index (κ1) is 20.7. The van der Waals surface area contributed by atoms with Crippen molar-refractivity contribution in [3.05, 3.63) is 53.6 Å². The smallest absolute Gasteiger partial charge is 0.276 e. The third-order valence-corrected chi connectivity index (χ3v) is 4.32. The van der Waals surface area contributed by atoms with Crippen LogP contribution in [0.1, 0.15) is 15.9 Å². The molecule has 0 radical (unpaired) electrons. The van der Waals surface area contributed by atoms with Crippen molar-refractivity contribution in [1.29, 1.82) is 5.26 Å². The van der Waals surface area contributed by atoms with Gasteiger partial charge in [0.25, 0.3) is 11.8 Å². The van der Waals surface area contributed by atoms with Crippen LogP contribution in [0.25, 0.3) is 0 Å². The summed E-state index contributed by atoms with van der Waals surface area (Å²) in [7, 11) is -2.72. The maximum absolute atomic E-state index is 12.2. The van der Waals surface area contributed by atoms with E-state index in [4.69, 9.17) is 19.9 Å². The summed E-state index contributed by atoms with van der Waals surface area (Å²) in [5.41, 5.74) is 4.57. The Morgan fingerprint density at radius 2 is 1.82 bits per heavy atom. The van der Waals surface area contributed by atoms with E-state index in [0.29, 0.717) is 11.3 Å². The number of nitrogens with two attached hydrogens (primary N) is 1. The number of carbonyl (C=O) groups excluding carboxylic acids is 2. The van der Waals surface area contributed by atoms with Crippen molar-refractivity contribution in [2.45, 2.75) is 4.90 Å². The van der Waals surface area contributed by atoms with E-state index in [1.807, 2.05) is 6.07 Å². The van der Waals surface area contributed by atoms with Crippen LogP contribution >= 0.6 is 0 Å². The summed E-state index contributed by atoms with van der Waals surface area (Å²) in [6, 6.07) is 11.5. The number of primary sulfonamides is 1. The lowest BCUT2D eigenvalue weighted by atomic mass is 10.2. The van der Waals surface area contributed by atoms with Crippen LogP contribution < -0.4 is 25.5 Å². The highest BCUT2D eigenvalue weighted by Crippen LogP contribution is 2.21. The van der Waals surface area contributed by atoms with Gasteiger partial charge in [0, 0.05) is 0 Å². The van der Waals surface area contributed by atoms with Crippen molar-refractivity contribution in [2.75, 3.05) is 13.7 Å². The van der Waals surface area contributed by atoms with E-state index in [2.05, 4.69) is 10.9 Å². The molecule has 10 nitrogen and oxygen atoms in total. The number of hydrogen-bond donors (Lipinski definition) is 3. The molecule has 2 rings (SSSR count). The minimum Gasteiger partial charge on any atom is -0.496 e. The lowest BCUT2D eigenvalue weighted by Gasteiger charge is -2.12. The second-order valence-electron chi connectivity index (χ2n) is 5.33. The fraction of sp³-hybridized carbons (Fsp3) is 0.118. The number of rotatable bonds is 6. The highest BCUT2D eigenvalue weighted by Gasteiger charge is 2.18. The fourth-order valence-electron chi connectivity index (χ4n) is 2.05. The largest absolute Gasteiger partial charge is 0.496 e. The Balaban J connectivity index is 1.97. The molecule has 0 aliphatic heterocycles. The molecule has 0 aliphatic rings. The second-order valence-corrected chi connectivity index (χ2v) is 6.90. The van der Waals surface area contributed by atoms with Crippen LogP contribution in [0.2, 0.25) is 0 Å². The summed E-state index contributed by atoms with van der Waals surface area (Å²) in [6.45, 7) is -0.402. The van der Waals surface area contributed by atoms with Crippen LogP contribution in [0.3, 0.4) is 0 Å². The average Bonchev–Trinajstić information content (AvgIpc) is 2.69. The Morgan fingerprint density at radius 3 is 2.39 bits per heavy atom. The van der Waals surface area contributed by atoms with Crippen LogP contribution in [0.5, 0.6) is 11.5 Å². The standard InChI is InChI=1S/C17H16N4O6S/c1-26-15-7-6-13(28(19,24)25)8-14(15)17(23)21-20-16(22)10-27-12-4-2-11(9-18)3-5-12/h2-8H,10H2,1H3,(H,20,22)(H,21,23)(H2,19,24,25). The number of hydrazine groups is 1. The summed E-state index contributed by atoms with van der Waals surface area (Å²) >= 11 is 0. The minimum atomic E-state index is -4.02. The normalized spacial score (nSPS) is 10.5. The van der Waals surface area contributed by atoms with Gasteiger partial charge in [0.2, 0.25) is 10.0 Å². The molecule has 0 atom stereocenters.